The highest BCUT2D eigenvalue weighted by atomic mass is 127. The fraction of sp³-hybridized carbons (Fsp3) is 0.600. The molecule has 2 rings (SSSR count). The van der Waals surface area contributed by atoms with E-state index in [1.807, 2.05) is 12.1 Å². The lowest BCUT2D eigenvalue weighted by atomic mass is 9.80. The molecule has 18 heavy (non-hydrogen) atoms. The smallest absolute Gasteiger partial charge is 0.128 e. The van der Waals surface area contributed by atoms with Gasteiger partial charge in [-0.2, -0.15) is 0 Å². The third kappa shape index (κ3) is 3.44. The predicted octanol–water partition coefficient (Wildman–Crippen LogP) is 4.73. The lowest BCUT2D eigenvalue weighted by Crippen LogP contribution is -2.38. The molecule has 0 saturated heterocycles. The number of hydrogen-bond acceptors (Lipinski definition) is 1. The van der Waals surface area contributed by atoms with E-state index in [1.165, 1.54) is 18.9 Å². The third-order valence-corrected chi connectivity index (χ3v) is 5.31. The van der Waals surface area contributed by atoms with Crippen LogP contribution in [0, 0.1) is 11.7 Å². The summed E-state index contributed by atoms with van der Waals surface area (Å²) in [6.07, 6.45) is 4.65. The van der Waals surface area contributed by atoms with E-state index in [-0.39, 0.29) is 11.4 Å². The zero-order valence-corrected chi connectivity index (χ0v) is 13.0. The van der Waals surface area contributed by atoms with Crippen LogP contribution in [0.15, 0.2) is 24.3 Å². The van der Waals surface area contributed by atoms with Crippen molar-refractivity contribution in [2.45, 2.75) is 44.8 Å². The first-order valence-electron chi connectivity index (χ1n) is 6.58. The Morgan fingerprint density at radius 3 is 2.61 bits per heavy atom. The van der Waals surface area contributed by atoms with Gasteiger partial charge in [-0.15, -0.1) is 0 Å². The predicted molar refractivity (Wildman–Crippen MR) is 80.4 cm³/mol. The summed E-state index contributed by atoms with van der Waals surface area (Å²) in [7, 11) is 0. The van der Waals surface area contributed by atoms with Gasteiger partial charge in [-0.1, -0.05) is 47.7 Å². The van der Waals surface area contributed by atoms with Crippen molar-refractivity contribution in [2.24, 2.45) is 5.92 Å². The average Bonchev–Trinajstić information content (AvgIpc) is 2.40. The highest BCUT2D eigenvalue weighted by molar-refractivity contribution is 14.1. The van der Waals surface area contributed by atoms with E-state index < -0.39 is 0 Å². The maximum Gasteiger partial charge on any atom is 0.128 e. The number of halogens is 2. The molecule has 0 atom stereocenters. The normalized spacial score (nSPS) is 28.3. The zero-order valence-electron chi connectivity index (χ0n) is 10.8. The van der Waals surface area contributed by atoms with Crippen LogP contribution in [0.2, 0.25) is 0 Å². The van der Waals surface area contributed by atoms with Gasteiger partial charge in [0.2, 0.25) is 0 Å². The zero-order chi connectivity index (χ0) is 13.0. The average molecular weight is 362 g/mol. The van der Waals surface area contributed by atoms with Gasteiger partial charge in [0.05, 0.1) is 12.2 Å². The summed E-state index contributed by atoms with van der Waals surface area (Å²) in [4.78, 5) is 0. The van der Waals surface area contributed by atoms with Crippen LogP contribution >= 0.6 is 22.6 Å². The highest BCUT2D eigenvalue weighted by Crippen LogP contribution is 2.36. The van der Waals surface area contributed by atoms with Crippen LogP contribution in [-0.4, -0.2) is 10.0 Å². The van der Waals surface area contributed by atoms with Crippen molar-refractivity contribution in [3.8, 4) is 0 Å². The van der Waals surface area contributed by atoms with Crippen LogP contribution in [0.4, 0.5) is 4.39 Å². The lowest BCUT2D eigenvalue weighted by molar-refractivity contribution is -0.0683. The molecule has 1 aliphatic rings. The highest BCUT2D eigenvalue weighted by Gasteiger charge is 2.34. The molecule has 1 saturated carbocycles. The summed E-state index contributed by atoms with van der Waals surface area (Å²) in [5.74, 6) is 0.642. The molecule has 1 nitrogen and oxygen atoms in total. The topological polar surface area (TPSA) is 9.23 Å². The van der Waals surface area contributed by atoms with Gasteiger partial charge in [0, 0.05) is 9.99 Å². The van der Waals surface area contributed by atoms with Crippen molar-refractivity contribution >= 4 is 22.6 Å². The van der Waals surface area contributed by atoms with Gasteiger partial charge in [-0.05, 0) is 37.7 Å². The Bertz CT molecular complexity index is 386. The van der Waals surface area contributed by atoms with Crippen molar-refractivity contribution < 1.29 is 9.13 Å². The summed E-state index contributed by atoms with van der Waals surface area (Å²) in [5, 5.41) is 0. The second kappa shape index (κ2) is 6.33. The summed E-state index contributed by atoms with van der Waals surface area (Å²) >= 11 is 2.40. The molecular weight excluding hydrogens is 342 g/mol. The van der Waals surface area contributed by atoms with Gasteiger partial charge in [0.25, 0.3) is 0 Å². The van der Waals surface area contributed by atoms with Gasteiger partial charge >= 0.3 is 0 Å². The standard InChI is InChI=1S/C15H20FIO/c1-12-6-8-15(11-17,9-7-12)18-10-13-4-2-3-5-14(13)16/h2-5,12H,6-11H2,1H3. The molecule has 1 aromatic rings. The van der Waals surface area contributed by atoms with Crippen LogP contribution in [0.5, 0.6) is 0 Å². The molecule has 0 amide bonds. The third-order valence-electron chi connectivity index (χ3n) is 3.92. The molecule has 100 valence electrons. The minimum atomic E-state index is -0.162. The first-order chi connectivity index (χ1) is 8.65. The van der Waals surface area contributed by atoms with E-state index in [9.17, 15) is 4.39 Å². The minimum absolute atomic E-state index is 0.0324. The van der Waals surface area contributed by atoms with Gasteiger partial charge in [-0.25, -0.2) is 4.39 Å². The van der Waals surface area contributed by atoms with E-state index in [0.717, 1.165) is 23.2 Å². The maximum atomic E-state index is 13.6. The van der Waals surface area contributed by atoms with Gasteiger partial charge < -0.3 is 4.74 Å². The van der Waals surface area contributed by atoms with Gasteiger partial charge in [-0.3, -0.25) is 0 Å². The second-order valence-electron chi connectivity index (χ2n) is 5.38. The number of ether oxygens (including phenoxy) is 1. The Labute approximate surface area is 122 Å². The molecule has 0 unspecified atom stereocenters. The van der Waals surface area contributed by atoms with Crippen molar-refractivity contribution in [3.05, 3.63) is 35.6 Å². The fourth-order valence-corrected chi connectivity index (χ4v) is 3.43. The van der Waals surface area contributed by atoms with Crippen LogP contribution in [-0.2, 0) is 11.3 Å². The maximum absolute atomic E-state index is 13.6. The molecule has 0 bridgehead atoms. The molecular formula is C15H20FIO. The largest absolute Gasteiger partial charge is 0.369 e. The van der Waals surface area contributed by atoms with Crippen LogP contribution < -0.4 is 0 Å². The quantitative estimate of drug-likeness (QED) is 0.556. The summed E-state index contributed by atoms with van der Waals surface area (Å²) in [5.41, 5.74) is 0.635. The SMILES string of the molecule is CC1CCC(CI)(OCc2ccccc2F)CC1. The number of rotatable bonds is 4. The Balaban J connectivity index is 1.97. The van der Waals surface area contributed by atoms with Gasteiger partial charge in [0.15, 0.2) is 0 Å². The van der Waals surface area contributed by atoms with Crippen LogP contribution in [0.3, 0.4) is 0 Å². The van der Waals surface area contributed by atoms with Crippen molar-refractivity contribution in [1.82, 2.24) is 0 Å². The Morgan fingerprint density at radius 2 is 2.00 bits per heavy atom. The van der Waals surface area contributed by atoms with E-state index >= 15 is 0 Å². The second-order valence-corrected chi connectivity index (χ2v) is 6.14. The first kappa shape index (κ1) is 14.3. The number of hydrogen-bond donors (Lipinski definition) is 0. The molecule has 1 fully saturated rings. The molecule has 0 radical (unpaired) electrons. The summed E-state index contributed by atoms with van der Waals surface area (Å²) in [6.45, 7) is 2.69. The minimum Gasteiger partial charge on any atom is -0.369 e. The summed E-state index contributed by atoms with van der Waals surface area (Å²) in [6, 6.07) is 6.89. The molecule has 0 heterocycles. The monoisotopic (exact) mass is 362 g/mol. The molecule has 1 aromatic carbocycles. The fourth-order valence-electron chi connectivity index (χ4n) is 2.45. The molecule has 0 aliphatic heterocycles. The van der Waals surface area contributed by atoms with Crippen LogP contribution in [0.25, 0.3) is 0 Å². The lowest BCUT2D eigenvalue weighted by Gasteiger charge is -2.38. The number of benzene rings is 1. The van der Waals surface area contributed by atoms with Crippen molar-refractivity contribution in [2.75, 3.05) is 4.43 Å². The number of alkyl halides is 1. The van der Waals surface area contributed by atoms with E-state index in [0.29, 0.717) is 12.2 Å². The first-order valence-corrected chi connectivity index (χ1v) is 8.11. The Hall–Kier alpha value is -0.160. The molecule has 1 aliphatic carbocycles. The van der Waals surface area contributed by atoms with Crippen LogP contribution in [0.1, 0.15) is 38.2 Å². The Morgan fingerprint density at radius 1 is 1.33 bits per heavy atom. The van der Waals surface area contributed by atoms with Crippen molar-refractivity contribution in [3.63, 3.8) is 0 Å². The molecule has 3 heteroatoms. The van der Waals surface area contributed by atoms with E-state index in [2.05, 4.69) is 29.5 Å². The molecule has 0 N–H and O–H groups in total. The summed E-state index contributed by atoms with van der Waals surface area (Å²) < 4.78 is 20.6. The van der Waals surface area contributed by atoms with Crippen molar-refractivity contribution in [1.29, 1.82) is 0 Å². The Kier molecular flexibility index (Phi) is 5.01. The molecule has 0 aromatic heterocycles. The molecule has 0 spiro atoms. The van der Waals surface area contributed by atoms with Gasteiger partial charge in [0.1, 0.15) is 5.82 Å². The van der Waals surface area contributed by atoms with E-state index in [4.69, 9.17) is 4.74 Å². The van der Waals surface area contributed by atoms with E-state index in [1.54, 1.807) is 6.07 Å².